The normalized spacial score (nSPS) is 11.6. The molecular weight excluding hydrogens is 292 g/mol. The van der Waals surface area contributed by atoms with E-state index >= 15 is 0 Å². The van der Waals surface area contributed by atoms with Gasteiger partial charge in [-0.15, -0.1) is 0 Å². The second-order valence-corrected chi connectivity index (χ2v) is 7.48. The first-order valence-corrected chi connectivity index (χ1v) is 8.69. The van der Waals surface area contributed by atoms with Crippen molar-refractivity contribution < 1.29 is 23.1 Å². The smallest absolute Gasteiger partial charge is 0.321 e. The maximum Gasteiger partial charge on any atom is 0.321 e. The topological polar surface area (TPSA) is 80.7 Å². The summed E-state index contributed by atoms with van der Waals surface area (Å²) in [6, 6.07) is 6.65. The van der Waals surface area contributed by atoms with Crippen LogP contribution in [0.5, 0.6) is 0 Å². The SMILES string of the molecule is CC(C)CCOC(=O)CS(=O)(=O)Cc1cccc(CO)c1. The molecule has 0 fully saturated rings. The van der Waals surface area contributed by atoms with Crippen molar-refractivity contribution in [3.63, 3.8) is 0 Å². The summed E-state index contributed by atoms with van der Waals surface area (Å²) in [5, 5.41) is 9.02. The van der Waals surface area contributed by atoms with E-state index in [9.17, 15) is 13.2 Å². The van der Waals surface area contributed by atoms with E-state index in [1.807, 2.05) is 13.8 Å². The van der Waals surface area contributed by atoms with Gasteiger partial charge in [0, 0.05) is 0 Å². The second kappa shape index (κ2) is 8.14. The molecule has 1 aromatic rings. The standard InChI is InChI=1S/C15H22O5S/c1-12(2)6-7-20-15(17)11-21(18,19)10-14-5-3-4-13(8-14)9-16/h3-5,8,12,16H,6-7,9-11H2,1-2H3. The van der Waals surface area contributed by atoms with Crippen LogP contribution in [0.3, 0.4) is 0 Å². The van der Waals surface area contributed by atoms with Gasteiger partial charge in [0.15, 0.2) is 9.84 Å². The molecule has 0 amide bonds. The van der Waals surface area contributed by atoms with E-state index in [0.29, 0.717) is 23.5 Å². The molecule has 0 heterocycles. The van der Waals surface area contributed by atoms with Gasteiger partial charge in [0.25, 0.3) is 0 Å². The molecule has 0 atom stereocenters. The lowest BCUT2D eigenvalue weighted by Crippen LogP contribution is -2.20. The highest BCUT2D eigenvalue weighted by atomic mass is 32.2. The van der Waals surface area contributed by atoms with Crippen LogP contribution in [-0.4, -0.2) is 31.9 Å². The van der Waals surface area contributed by atoms with Crippen molar-refractivity contribution in [3.8, 4) is 0 Å². The molecule has 0 saturated heterocycles. The van der Waals surface area contributed by atoms with E-state index in [-0.39, 0.29) is 19.0 Å². The van der Waals surface area contributed by atoms with Crippen LogP contribution in [0.25, 0.3) is 0 Å². The monoisotopic (exact) mass is 314 g/mol. The minimum atomic E-state index is -3.57. The van der Waals surface area contributed by atoms with E-state index in [0.717, 1.165) is 0 Å². The molecule has 118 valence electrons. The number of aliphatic hydroxyl groups excluding tert-OH is 1. The molecule has 0 spiro atoms. The van der Waals surface area contributed by atoms with Crippen LogP contribution in [0.4, 0.5) is 0 Å². The Hall–Kier alpha value is -1.40. The molecule has 6 heteroatoms. The van der Waals surface area contributed by atoms with Crippen molar-refractivity contribution in [1.29, 1.82) is 0 Å². The summed E-state index contributed by atoms with van der Waals surface area (Å²) in [6.45, 7) is 4.09. The molecule has 0 aromatic heterocycles. The number of hydrogen-bond donors (Lipinski definition) is 1. The molecule has 21 heavy (non-hydrogen) atoms. The van der Waals surface area contributed by atoms with Crippen molar-refractivity contribution >= 4 is 15.8 Å². The highest BCUT2D eigenvalue weighted by Gasteiger charge is 2.18. The van der Waals surface area contributed by atoms with Crippen molar-refractivity contribution in [2.24, 2.45) is 5.92 Å². The first kappa shape index (κ1) is 17.7. The quantitative estimate of drug-likeness (QED) is 0.738. The third-order valence-corrected chi connectivity index (χ3v) is 4.31. The zero-order valence-corrected chi connectivity index (χ0v) is 13.2. The second-order valence-electron chi connectivity index (χ2n) is 5.41. The Morgan fingerprint density at radius 3 is 2.57 bits per heavy atom. The van der Waals surface area contributed by atoms with Crippen molar-refractivity contribution in [2.45, 2.75) is 32.6 Å². The number of aliphatic hydroxyl groups is 1. The first-order chi connectivity index (χ1) is 9.82. The number of ether oxygens (including phenoxy) is 1. The molecule has 0 saturated carbocycles. The van der Waals surface area contributed by atoms with Crippen LogP contribution in [0.2, 0.25) is 0 Å². The fraction of sp³-hybridized carbons (Fsp3) is 0.533. The van der Waals surface area contributed by atoms with Gasteiger partial charge in [-0.1, -0.05) is 38.1 Å². The van der Waals surface area contributed by atoms with Gasteiger partial charge in [0.2, 0.25) is 0 Å². The molecule has 0 radical (unpaired) electrons. The number of carbonyl (C=O) groups excluding carboxylic acids is 1. The number of rotatable bonds is 8. The predicted molar refractivity (Wildman–Crippen MR) is 80.3 cm³/mol. The van der Waals surface area contributed by atoms with Gasteiger partial charge in [0.05, 0.1) is 19.0 Å². The Labute approximate surface area is 125 Å². The van der Waals surface area contributed by atoms with E-state index < -0.39 is 21.6 Å². The number of sulfone groups is 1. The fourth-order valence-electron chi connectivity index (χ4n) is 1.75. The summed E-state index contributed by atoms with van der Waals surface area (Å²) in [7, 11) is -3.57. The van der Waals surface area contributed by atoms with Crippen molar-refractivity contribution in [3.05, 3.63) is 35.4 Å². The molecule has 0 aliphatic carbocycles. The fourth-order valence-corrected chi connectivity index (χ4v) is 2.98. The summed E-state index contributed by atoms with van der Waals surface area (Å²) >= 11 is 0. The highest BCUT2D eigenvalue weighted by Crippen LogP contribution is 2.10. The van der Waals surface area contributed by atoms with Crippen LogP contribution in [0.15, 0.2) is 24.3 Å². The van der Waals surface area contributed by atoms with E-state index in [2.05, 4.69) is 0 Å². The molecule has 0 unspecified atom stereocenters. The average molecular weight is 314 g/mol. The third-order valence-electron chi connectivity index (χ3n) is 2.86. The van der Waals surface area contributed by atoms with Crippen LogP contribution in [0.1, 0.15) is 31.4 Å². The van der Waals surface area contributed by atoms with Crippen molar-refractivity contribution in [2.75, 3.05) is 12.4 Å². The van der Waals surface area contributed by atoms with Gasteiger partial charge >= 0.3 is 5.97 Å². The summed E-state index contributed by atoms with van der Waals surface area (Å²) in [5.74, 6) is -1.17. The van der Waals surface area contributed by atoms with Crippen LogP contribution < -0.4 is 0 Å². The summed E-state index contributed by atoms with van der Waals surface area (Å²) < 4.78 is 28.8. The van der Waals surface area contributed by atoms with Gasteiger partial charge in [-0.05, 0) is 23.5 Å². The Morgan fingerprint density at radius 1 is 1.29 bits per heavy atom. The predicted octanol–water partition coefficient (Wildman–Crippen LogP) is 1.68. The lowest BCUT2D eigenvalue weighted by atomic mass is 10.1. The molecule has 1 N–H and O–H groups in total. The molecule has 5 nitrogen and oxygen atoms in total. The first-order valence-electron chi connectivity index (χ1n) is 6.87. The lowest BCUT2D eigenvalue weighted by molar-refractivity contribution is -0.140. The number of benzene rings is 1. The van der Waals surface area contributed by atoms with E-state index in [1.54, 1.807) is 24.3 Å². The third kappa shape index (κ3) is 7.24. The zero-order chi connectivity index (χ0) is 15.9. The van der Waals surface area contributed by atoms with Crippen LogP contribution >= 0.6 is 0 Å². The minimum absolute atomic E-state index is 0.148. The summed E-state index contributed by atoms with van der Waals surface area (Å²) in [5.41, 5.74) is 1.19. The summed E-state index contributed by atoms with van der Waals surface area (Å²) in [4.78, 5) is 11.5. The maximum atomic E-state index is 11.9. The van der Waals surface area contributed by atoms with Gasteiger partial charge in [0.1, 0.15) is 5.75 Å². The summed E-state index contributed by atoms with van der Waals surface area (Å²) in [6.07, 6.45) is 0.713. The Morgan fingerprint density at radius 2 is 1.95 bits per heavy atom. The molecule has 1 rings (SSSR count). The number of esters is 1. The highest BCUT2D eigenvalue weighted by molar-refractivity contribution is 7.91. The Bertz CT molecular complexity index is 563. The van der Waals surface area contributed by atoms with Crippen LogP contribution in [-0.2, 0) is 31.7 Å². The average Bonchev–Trinajstić information content (AvgIpc) is 2.37. The largest absolute Gasteiger partial charge is 0.465 e. The van der Waals surface area contributed by atoms with Crippen molar-refractivity contribution in [1.82, 2.24) is 0 Å². The van der Waals surface area contributed by atoms with Crippen LogP contribution in [0, 0.1) is 5.92 Å². The molecule has 0 aliphatic rings. The van der Waals surface area contributed by atoms with Gasteiger partial charge in [-0.3, -0.25) is 4.79 Å². The maximum absolute atomic E-state index is 11.9. The lowest BCUT2D eigenvalue weighted by Gasteiger charge is -2.08. The Kier molecular flexibility index (Phi) is 6.84. The molecule has 1 aromatic carbocycles. The van der Waals surface area contributed by atoms with E-state index in [4.69, 9.17) is 9.84 Å². The number of hydrogen-bond acceptors (Lipinski definition) is 5. The van der Waals surface area contributed by atoms with Gasteiger partial charge in [-0.2, -0.15) is 0 Å². The number of carbonyl (C=O) groups is 1. The molecule has 0 aliphatic heterocycles. The Balaban J connectivity index is 2.54. The van der Waals surface area contributed by atoms with Gasteiger partial charge in [-0.25, -0.2) is 8.42 Å². The zero-order valence-electron chi connectivity index (χ0n) is 12.4. The minimum Gasteiger partial charge on any atom is -0.465 e. The molecular formula is C15H22O5S. The van der Waals surface area contributed by atoms with E-state index in [1.165, 1.54) is 0 Å². The molecule has 0 bridgehead atoms. The van der Waals surface area contributed by atoms with Gasteiger partial charge < -0.3 is 9.84 Å².